The molecule has 138 valence electrons. The number of amides is 1. The van der Waals surface area contributed by atoms with Crippen molar-refractivity contribution in [1.29, 1.82) is 0 Å². The van der Waals surface area contributed by atoms with E-state index in [4.69, 9.17) is 0 Å². The molecular weight excluding hydrogens is 366 g/mol. The molecule has 1 aliphatic heterocycles. The van der Waals surface area contributed by atoms with Crippen molar-refractivity contribution >= 4 is 32.4 Å². The summed E-state index contributed by atoms with van der Waals surface area (Å²) >= 11 is 0. The monoisotopic (exact) mass is 383 g/mol. The molecule has 1 aliphatic rings. The molecule has 0 radical (unpaired) electrons. The minimum Gasteiger partial charge on any atom is -0.494 e. The highest BCUT2D eigenvalue weighted by atomic mass is 32.2. The van der Waals surface area contributed by atoms with Gasteiger partial charge in [0.1, 0.15) is 0 Å². The summed E-state index contributed by atoms with van der Waals surface area (Å²) in [5, 5.41) is 12.2. The Labute approximate surface area is 155 Å². The summed E-state index contributed by atoms with van der Waals surface area (Å²) in [5.74, 6) is -0.569. The molecule has 4 rings (SSSR count). The number of nitrogens with one attached hydrogen (secondary N) is 1. The van der Waals surface area contributed by atoms with E-state index in [9.17, 15) is 18.3 Å². The molecule has 1 aromatic heterocycles. The molecule has 2 aromatic carbocycles. The largest absolute Gasteiger partial charge is 0.494 e. The minimum atomic E-state index is -3.68. The maximum absolute atomic E-state index is 12.7. The van der Waals surface area contributed by atoms with Crippen LogP contribution in [0.5, 0.6) is 5.88 Å². The Kier molecular flexibility index (Phi) is 3.72. The lowest BCUT2D eigenvalue weighted by molar-refractivity contribution is -0.112. The van der Waals surface area contributed by atoms with Gasteiger partial charge < -0.3 is 9.67 Å². The second-order valence-corrected chi connectivity index (χ2v) is 8.29. The van der Waals surface area contributed by atoms with Gasteiger partial charge in [0.15, 0.2) is 5.88 Å². The Hall–Kier alpha value is -2.97. The Morgan fingerprint density at radius 3 is 2.63 bits per heavy atom. The van der Waals surface area contributed by atoms with Crippen molar-refractivity contribution in [1.82, 2.24) is 9.29 Å². The van der Waals surface area contributed by atoms with Gasteiger partial charge in [-0.25, -0.2) is 18.1 Å². The topological polar surface area (TPSA) is 101 Å². The van der Waals surface area contributed by atoms with Crippen LogP contribution in [0.2, 0.25) is 0 Å². The number of carbonyl (C=O) groups is 1. The average molecular weight is 383 g/mol. The zero-order valence-electron chi connectivity index (χ0n) is 14.9. The molecule has 0 aliphatic carbocycles. The Morgan fingerprint density at radius 1 is 1.19 bits per heavy atom. The number of benzene rings is 2. The predicted octanol–water partition coefficient (Wildman–Crippen LogP) is 0.459. The molecule has 0 saturated heterocycles. The number of nitrogens with zero attached hydrogens (tertiary/aromatic N) is 2. The Morgan fingerprint density at radius 2 is 1.93 bits per heavy atom. The standard InChI is InChI=1S/C19H17N3O4S/c1-10-5-4-6-12-16(19(24)22(3)17(10)12)15-13-9-11(27(25,26)20-2)7-8-14(13)21-18(15)23/h4-9,20,24H,1-3H3. The summed E-state index contributed by atoms with van der Waals surface area (Å²) in [5.41, 5.74) is 2.32. The summed E-state index contributed by atoms with van der Waals surface area (Å²) < 4.78 is 28.2. The van der Waals surface area contributed by atoms with E-state index in [1.165, 1.54) is 25.2 Å². The number of aromatic hydroxyl groups is 1. The Balaban J connectivity index is 2.17. The molecule has 2 heterocycles. The highest BCUT2D eigenvalue weighted by Crippen LogP contribution is 2.36. The van der Waals surface area contributed by atoms with Crippen LogP contribution < -0.4 is 15.3 Å². The number of aromatic nitrogens is 1. The molecule has 0 fully saturated rings. The van der Waals surface area contributed by atoms with Gasteiger partial charge in [0.25, 0.3) is 5.91 Å². The van der Waals surface area contributed by atoms with Gasteiger partial charge in [-0.15, -0.1) is 0 Å². The third kappa shape index (κ3) is 2.41. The quantitative estimate of drug-likeness (QED) is 0.686. The van der Waals surface area contributed by atoms with Crippen LogP contribution in [-0.2, 0) is 21.9 Å². The van der Waals surface area contributed by atoms with Crippen molar-refractivity contribution in [2.75, 3.05) is 7.05 Å². The average Bonchev–Trinajstić information content (AvgIpc) is 3.09. The molecule has 0 unspecified atom stereocenters. The van der Waals surface area contributed by atoms with Gasteiger partial charge in [0, 0.05) is 17.7 Å². The van der Waals surface area contributed by atoms with Gasteiger partial charge in [-0.2, -0.15) is 0 Å². The van der Waals surface area contributed by atoms with Crippen molar-refractivity contribution in [3.05, 3.63) is 58.1 Å². The first-order valence-electron chi connectivity index (χ1n) is 8.24. The maximum Gasteiger partial charge on any atom is 0.279 e. The van der Waals surface area contributed by atoms with Gasteiger partial charge in [0.05, 0.1) is 26.9 Å². The highest BCUT2D eigenvalue weighted by Gasteiger charge is 2.27. The number of hydrogen-bond donors (Lipinski definition) is 2. The molecule has 1 amide bonds. The Bertz CT molecular complexity index is 1370. The molecular formula is C19H17N3O4S. The first-order chi connectivity index (χ1) is 12.8. The van der Waals surface area contributed by atoms with Crippen LogP contribution in [0.1, 0.15) is 11.1 Å². The third-order valence-corrected chi connectivity index (χ3v) is 6.30. The number of rotatable bonds is 3. The third-order valence-electron chi connectivity index (χ3n) is 4.89. The van der Waals surface area contributed by atoms with Crippen LogP contribution in [0.3, 0.4) is 0 Å². The van der Waals surface area contributed by atoms with Crippen LogP contribution >= 0.6 is 0 Å². The van der Waals surface area contributed by atoms with E-state index in [0.717, 1.165) is 11.1 Å². The van der Waals surface area contributed by atoms with Crippen molar-refractivity contribution in [2.24, 2.45) is 12.0 Å². The molecule has 8 heteroatoms. The van der Waals surface area contributed by atoms with E-state index in [1.54, 1.807) is 11.6 Å². The molecule has 0 atom stereocenters. The van der Waals surface area contributed by atoms with Gasteiger partial charge >= 0.3 is 0 Å². The number of carbonyl (C=O) groups excluding carboxylic acids is 1. The van der Waals surface area contributed by atoms with Crippen LogP contribution in [0.25, 0.3) is 16.5 Å². The van der Waals surface area contributed by atoms with Crippen molar-refractivity contribution in [3.8, 4) is 5.88 Å². The van der Waals surface area contributed by atoms with Crippen molar-refractivity contribution in [3.63, 3.8) is 0 Å². The molecule has 0 saturated carbocycles. The van der Waals surface area contributed by atoms with Crippen LogP contribution in [0.15, 0.2) is 46.3 Å². The van der Waals surface area contributed by atoms with Crippen molar-refractivity contribution in [2.45, 2.75) is 11.8 Å². The molecule has 3 aromatic rings. The molecule has 27 heavy (non-hydrogen) atoms. The van der Waals surface area contributed by atoms with Gasteiger partial charge in [-0.1, -0.05) is 18.2 Å². The second kappa shape index (κ2) is 5.77. The van der Waals surface area contributed by atoms with Crippen LogP contribution in [0.4, 0.5) is 0 Å². The van der Waals surface area contributed by atoms with Gasteiger partial charge in [-0.3, -0.25) is 4.79 Å². The number of fused-ring (bicyclic) bond motifs is 2. The fourth-order valence-corrected chi connectivity index (χ4v) is 4.32. The molecule has 0 bridgehead atoms. The van der Waals surface area contributed by atoms with Gasteiger partial charge in [-0.05, 0) is 37.7 Å². The zero-order valence-corrected chi connectivity index (χ0v) is 15.8. The number of hydrogen-bond acceptors (Lipinski definition) is 4. The molecule has 0 spiro atoms. The SMILES string of the molecule is CNS(=O)(=O)c1ccc2c(c1)=C(c1c(O)n(C)c3c(C)cccc13)C(=O)N=2. The number of sulfonamides is 1. The number of aryl methyl sites for hydroxylation is 2. The first kappa shape index (κ1) is 17.4. The van der Waals surface area contributed by atoms with E-state index in [1.807, 2.05) is 25.1 Å². The van der Waals surface area contributed by atoms with Crippen LogP contribution in [0, 0.1) is 6.92 Å². The fraction of sp³-hybridized carbons (Fsp3) is 0.158. The smallest absolute Gasteiger partial charge is 0.279 e. The lowest BCUT2D eigenvalue weighted by atomic mass is 10.0. The minimum absolute atomic E-state index is 0.0297. The summed E-state index contributed by atoms with van der Waals surface area (Å²) in [7, 11) is -0.643. The van der Waals surface area contributed by atoms with E-state index in [-0.39, 0.29) is 16.3 Å². The summed E-state index contributed by atoms with van der Waals surface area (Å²) in [6.45, 7) is 1.92. The normalized spacial score (nSPS) is 13.9. The predicted molar refractivity (Wildman–Crippen MR) is 100 cm³/mol. The zero-order chi connectivity index (χ0) is 19.5. The van der Waals surface area contributed by atoms with Crippen LogP contribution in [-0.4, -0.2) is 31.0 Å². The van der Waals surface area contributed by atoms with E-state index < -0.39 is 15.9 Å². The maximum atomic E-state index is 12.7. The summed E-state index contributed by atoms with van der Waals surface area (Å²) in [4.78, 5) is 16.7. The van der Waals surface area contributed by atoms with E-state index >= 15 is 0 Å². The molecule has 7 nitrogen and oxygen atoms in total. The lowest BCUT2D eigenvalue weighted by Gasteiger charge is -2.03. The second-order valence-electron chi connectivity index (χ2n) is 6.41. The van der Waals surface area contributed by atoms with E-state index in [0.29, 0.717) is 21.5 Å². The highest BCUT2D eigenvalue weighted by molar-refractivity contribution is 7.89. The lowest BCUT2D eigenvalue weighted by Crippen LogP contribution is -2.27. The fourth-order valence-electron chi connectivity index (χ4n) is 3.57. The van der Waals surface area contributed by atoms with E-state index in [2.05, 4.69) is 9.71 Å². The van der Waals surface area contributed by atoms with Gasteiger partial charge in [0.2, 0.25) is 10.0 Å². The summed E-state index contributed by atoms with van der Waals surface area (Å²) in [6.07, 6.45) is 0. The first-order valence-corrected chi connectivity index (χ1v) is 9.73. The molecule has 2 N–H and O–H groups in total. The number of para-hydroxylation sites is 1. The summed E-state index contributed by atoms with van der Waals surface area (Å²) in [6, 6.07) is 9.90. The van der Waals surface area contributed by atoms with Crippen molar-refractivity contribution < 1.29 is 18.3 Å².